The van der Waals surface area contributed by atoms with E-state index in [0.717, 1.165) is 24.0 Å². The number of hydrogen-bond donors (Lipinski definition) is 1. The Labute approximate surface area is 133 Å². The second-order valence-electron chi connectivity index (χ2n) is 6.07. The lowest BCUT2D eigenvalue weighted by Crippen LogP contribution is -2.35. The van der Waals surface area contributed by atoms with E-state index >= 15 is 0 Å². The van der Waals surface area contributed by atoms with Crippen LogP contribution in [0.2, 0.25) is 0 Å². The number of carbonyl (C=O) groups excluding carboxylic acids is 1. The van der Waals surface area contributed by atoms with Crippen LogP contribution in [-0.4, -0.2) is 26.2 Å². The van der Waals surface area contributed by atoms with Crippen LogP contribution < -0.4 is 14.8 Å². The van der Waals surface area contributed by atoms with E-state index in [1.54, 1.807) is 14.2 Å². The molecular formula is C18H27NO3. The fourth-order valence-electron chi connectivity index (χ4n) is 3.09. The van der Waals surface area contributed by atoms with Crippen molar-refractivity contribution in [3.05, 3.63) is 23.3 Å². The van der Waals surface area contributed by atoms with Crippen molar-refractivity contribution in [2.75, 3.05) is 14.2 Å². The Morgan fingerprint density at radius 3 is 2.27 bits per heavy atom. The summed E-state index contributed by atoms with van der Waals surface area (Å²) in [4.78, 5) is 12.3. The molecule has 22 heavy (non-hydrogen) atoms. The van der Waals surface area contributed by atoms with Crippen LogP contribution in [0.5, 0.6) is 11.5 Å². The molecule has 0 aliphatic heterocycles. The number of benzene rings is 1. The van der Waals surface area contributed by atoms with Crippen LogP contribution in [0.25, 0.3) is 0 Å². The van der Waals surface area contributed by atoms with Crippen LogP contribution in [-0.2, 0) is 11.2 Å². The highest BCUT2D eigenvalue weighted by molar-refractivity contribution is 5.79. The van der Waals surface area contributed by atoms with Crippen molar-refractivity contribution in [2.24, 2.45) is 0 Å². The summed E-state index contributed by atoms with van der Waals surface area (Å²) < 4.78 is 10.6. The molecule has 0 unspecified atom stereocenters. The lowest BCUT2D eigenvalue weighted by Gasteiger charge is -2.17. The lowest BCUT2D eigenvalue weighted by molar-refractivity contribution is -0.121. The molecule has 1 aromatic rings. The standard InChI is InChI=1S/C18H27NO3/c1-13-10-16(21-2)17(22-3)11-14(13)12-18(20)19-15-8-6-4-5-7-9-15/h10-11,15H,4-9,12H2,1-3H3,(H,19,20). The molecule has 122 valence electrons. The number of methoxy groups -OCH3 is 2. The van der Waals surface area contributed by atoms with Crippen molar-refractivity contribution in [1.29, 1.82) is 0 Å². The van der Waals surface area contributed by atoms with Gasteiger partial charge in [0.25, 0.3) is 0 Å². The SMILES string of the molecule is COc1cc(C)c(CC(=O)NC2CCCCCC2)cc1OC. The fourth-order valence-corrected chi connectivity index (χ4v) is 3.09. The van der Waals surface area contributed by atoms with Gasteiger partial charge in [-0.05, 0) is 43.0 Å². The van der Waals surface area contributed by atoms with Gasteiger partial charge in [-0.25, -0.2) is 0 Å². The summed E-state index contributed by atoms with van der Waals surface area (Å²) in [5, 5.41) is 3.19. The van der Waals surface area contributed by atoms with E-state index in [0.29, 0.717) is 24.0 Å². The number of carbonyl (C=O) groups is 1. The number of ether oxygens (including phenoxy) is 2. The monoisotopic (exact) mass is 305 g/mol. The number of aryl methyl sites for hydroxylation is 1. The molecule has 0 heterocycles. The number of nitrogens with one attached hydrogen (secondary N) is 1. The first kappa shape index (κ1) is 16.7. The maximum absolute atomic E-state index is 12.3. The third-order valence-electron chi connectivity index (χ3n) is 4.41. The molecule has 0 spiro atoms. The van der Waals surface area contributed by atoms with Crippen LogP contribution >= 0.6 is 0 Å². The Balaban J connectivity index is 2.01. The highest BCUT2D eigenvalue weighted by Crippen LogP contribution is 2.30. The average molecular weight is 305 g/mol. The van der Waals surface area contributed by atoms with Gasteiger partial charge in [-0.3, -0.25) is 4.79 Å². The van der Waals surface area contributed by atoms with Crippen molar-refractivity contribution >= 4 is 5.91 Å². The van der Waals surface area contributed by atoms with Gasteiger partial charge >= 0.3 is 0 Å². The van der Waals surface area contributed by atoms with Gasteiger partial charge in [-0.15, -0.1) is 0 Å². The van der Waals surface area contributed by atoms with Gasteiger partial charge in [0.1, 0.15) is 0 Å². The van der Waals surface area contributed by atoms with E-state index < -0.39 is 0 Å². The minimum Gasteiger partial charge on any atom is -0.493 e. The Bertz CT molecular complexity index is 505. The molecule has 0 saturated heterocycles. The Kier molecular flexibility index (Phi) is 6.10. The molecule has 1 amide bonds. The molecule has 4 heteroatoms. The molecular weight excluding hydrogens is 278 g/mol. The van der Waals surface area contributed by atoms with Crippen molar-refractivity contribution < 1.29 is 14.3 Å². The van der Waals surface area contributed by atoms with Gasteiger partial charge in [0.2, 0.25) is 5.91 Å². The summed E-state index contributed by atoms with van der Waals surface area (Å²) in [5.41, 5.74) is 2.04. The first-order valence-corrected chi connectivity index (χ1v) is 8.15. The zero-order chi connectivity index (χ0) is 15.9. The molecule has 1 aromatic carbocycles. The minimum absolute atomic E-state index is 0.0993. The molecule has 0 radical (unpaired) electrons. The zero-order valence-electron chi connectivity index (χ0n) is 13.9. The minimum atomic E-state index is 0.0993. The van der Waals surface area contributed by atoms with E-state index in [1.165, 1.54) is 25.7 Å². The van der Waals surface area contributed by atoms with Crippen molar-refractivity contribution in [2.45, 2.75) is 57.9 Å². The summed E-state index contributed by atoms with van der Waals surface area (Å²) in [5.74, 6) is 1.47. The summed E-state index contributed by atoms with van der Waals surface area (Å²) in [6, 6.07) is 4.17. The van der Waals surface area contributed by atoms with Crippen LogP contribution in [0.15, 0.2) is 12.1 Å². The highest BCUT2D eigenvalue weighted by atomic mass is 16.5. The fraction of sp³-hybridized carbons (Fsp3) is 0.611. The summed E-state index contributed by atoms with van der Waals surface area (Å²) >= 11 is 0. The molecule has 0 aromatic heterocycles. The van der Waals surface area contributed by atoms with Gasteiger partial charge in [0.05, 0.1) is 20.6 Å². The lowest BCUT2D eigenvalue weighted by atomic mass is 10.0. The molecule has 0 atom stereocenters. The molecule has 2 rings (SSSR count). The third kappa shape index (κ3) is 4.39. The van der Waals surface area contributed by atoms with E-state index in [9.17, 15) is 4.79 Å². The largest absolute Gasteiger partial charge is 0.493 e. The van der Waals surface area contributed by atoms with Crippen molar-refractivity contribution in [3.8, 4) is 11.5 Å². The number of hydrogen-bond acceptors (Lipinski definition) is 3. The quantitative estimate of drug-likeness (QED) is 0.848. The molecule has 4 nitrogen and oxygen atoms in total. The topological polar surface area (TPSA) is 47.6 Å². The summed E-state index contributed by atoms with van der Waals surface area (Å²) in [6.45, 7) is 2.00. The second-order valence-corrected chi connectivity index (χ2v) is 6.07. The third-order valence-corrected chi connectivity index (χ3v) is 4.41. The molecule has 0 bridgehead atoms. The van der Waals surface area contributed by atoms with Gasteiger partial charge < -0.3 is 14.8 Å². The van der Waals surface area contributed by atoms with Gasteiger partial charge in [0.15, 0.2) is 11.5 Å². The van der Waals surface area contributed by atoms with Gasteiger partial charge in [-0.1, -0.05) is 25.7 Å². The molecule has 1 aliphatic rings. The zero-order valence-corrected chi connectivity index (χ0v) is 13.9. The summed E-state index contributed by atoms with van der Waals surface area (Å²) in [6.07, 6.45) is 7.64. The first-order chi connectivity index (χ1) is 10.6. The van der Waals surface area contributed by atoms with Crippen LogP contribution in [0.1, 0.15) is 49.7 Å². The molecule has 1 N–H and O–H groups in total. The van der Waals surface area contributed by atoms with E-state index in [-0.39, 0.29) is 5.91 Å². The highest BCUT2D eigenvalue weighted by Gasteiger charge is 2.16. The molecule has 1 aliphatic carbocycles. The number of rotatable bonds is 5. The first-order valence-electron chi connectivity index (χ1n) is 8.15. The average Bonchev–Trinajstić information content (AvgIpc) is 2.77. The predicted octanol–water partition coefficient (Wildman–Crippen LogP) is 3.39. The van der Waals surface area contributed by atoms with Gasteiger partial charge in [0, 0.05) is 6.04 Å². The van der Waals surface area contributed by atoms with E-state index in [4.69, 9.17) is 9.47 Å². The predicted molar refractivity (Wildman–Crippen MR) is 87.6 cm³/mol. The Hall–Kier alpha value is -1.71. The van der Waals surface area contributed by atoms with Crippen molar-refractivity contribution in [1.82, 2.24) is 5.32 Å². The summed E-state index contributed by atoms with van der Waals surface area (Å²) in [7, 11) is 3.23. The van der Waals surface area contributed by atoms with Crippen LogP contribution in [0, 0.1) is 6.92 Å². The molecule has 1 saturated carbocycles. The van der Waals surface area contributed by atoms with Gasteiger partial charge in [-0.2, -0.15) is 0 Å². The smallest absolute Gasteiger partial charge is 0.224 e. The van der Waals surface area contributed by atoms with E-state index in [1.807, 2.05) is 19.1 Å². The van der Waals surface area contributed by atoms with E-state index in [2.05, 4.69) is 5.32 Å². The normalized spacial score (nSPS) is 16.0. The molecule has 1 fully saturated rings. The maximum atomic E-state index is 12.3. The number of amides is 1. The Morgan fingerprint density at radius 1 is 1.09 bits per heavy atom. The van der Waals surface area contributed by atoms with Crippen LogP contribution in [0.4, 0.5) is 0 Å². The second kappa shape index (κ2) is 8.06. The van der Waals surface area contributed by atoms with Crippen LogP contribution in [0.3, 0.4) is 0 Å². The van der Waals surface area contributed by atoms with Crippen molar-refractivity contribution in [3.63, 3.8) is 0 Å². The Morgan fingerprint density at radius 2 is 1.68 bits per heavy atom. The maximum Gasteiger partial charge on any atom is 0.224 e.